The molecule has 1 aromatic heterocycles. The fourth-order valence-electron chi connectivity index (χ4n) is 2.68. The summed E-state index contributed by atoms with van der Waals surface area (Å²) >= 11 is 1.16. The van der Waals surface area contributed by atoms with E-state index in [1.54, 1.807) is 18.2 Å². The number of amides is 1. The number of nitrogens with one attached hydrogen (secondary N) is 1. The minimum Gasteiger partial charge on any atom is -0.481 e. The normalized spacial score (nSPS) is 11.7. The van der Waals surface area contributed by atoms with E-state index in [-0.39, 0.29) is 12.1 Å². The van der Waals surface area contributed by atoms with Crippen LogP contribution in [-0.2, 0) is 11.2 Å². The maximum absolute atomic E-state index is 13.9. The van der Waals surface area contributed by atoms with Crippen LogP contribution < -0.4 is 5.32 Å². The van der Waals surface area contributed by atoms with Crippen molar-refractivity contribution in [2.24, 2.45) is 0 Å². The van der Waals surface area contributed by atoms with E-state index < -0.39 is 23.7 Å². The summed E-state index contributed by atoms with van der Waals surface area (Å²) < 4.78 is 13.9. The number of hydrogen-bond donors (Lipinski definition) is 2. The summed E-state index contributed by atoms with van der Waals surface area (Å²) in [4.78, 5) is 27.8. The van der Waals surface area contributed by atoms with Gasteiger partial charge in [-0.15, -0.1) is 11.3 Å². The van der Waals surface area contributed by atoms with Gasteiger partial charge in [-0.2, -0.15) is 0 Å². The molecule has 0 spiro atoms. The Balaban J connectivity index is 1.74. The lowest BCUT2D eigenvalue weighted by atomic mass is 10.0. The van der Waals surface area contributed by atoms with Crippen molar-refractivity contribution in [2.45, 2.75) is 18.9 Å². The largest absolute Gasteiger partial charge is 0.481 e. The van der Waals surface area contributed by atoms with Gasteiger partial charge in [0.1, 0.15) is 16.5 Å². The van der Waals surface area contributed by atoms with E-state index in [1.165, 1.54) is 11.4 Å². The highest BCUT2D eigenvalue weighted by atomic mass is 32.1. The molecule has 1 atom stereocenters. The molecule has 2 N–H and O–H groups in total. The van der Waals surface area contributed by atoms with Crippen molar-refractivity contribution in [1.29, 1.82) is 0 Å². The maximum atomic E-state index is 13.9. The van der Waals surface area contributed by atoms with E-state index in [0.717, 1.165) is 16.9 Å². The average molecular weight is 384 g/mol. The van der Waals surface area contributed by atoms with Crippen molar-refractivity contribution in [3.05, 3.63) is 77.1 Å². The molecule has 0 saturated carbocycles. The number of halogens is 1. The third-order valence-electron chi connectivity index (χ3n) is 3.92. The summed E-state index contributed by atoms with van der Waals surface area (Å²) in [6.07, 6.45) is 0.189. The Bertz CT molecular complexity index is 943. The smallest absolute Gasteiger partial charge is 0.305 e. The second-order valence-electron chi connectivity index (χ2n) is 5.98. The molecule has 1 unspecified atom stereocenters. The molecule has 138 valence electrons. The quantitative estimate of drug-likeness (QED) is 0.650. The molecule has 2 aromatic carbocycles. The first-order chi connectivity index (χ1) is 13.0. The highest BCUT2D eigenvalue weighted by Crippen LogP contribution is 2.26. The van der Waals surface area contributed by atoms with Gasteiger partial charge in [-0.25, -0.2) is 9.37 Å². The van der Waals surface area contributed by atoms with Gasteiger partial charge in [0.15, 0.2) is 0 Å². The molecular formula is C20H17FN2O3S. The molecule has 1 heterocycles. The summed E-state index contributed by atoms with van der Waals surface area (Å²) in [7, 11) is 0. The first-order valence-corrected chi connectivity index (χ1v) is 9.18. The summed E-state index contributed by atoms with van der Waals surface area (Å²) in [5.41, 5.74) is 1.39. The summed E-state index contributed by atoms with van der Waals surface area (Å²) in [5, 5.41) is 13.8. The fourth-order valence-corrected chi connectivity index (χ4v) is 3.51. The topological polar surface area (TPSA) is 79.3 Å². The highest BCUT2D eigenvalue weighted by molar-refractivity contribution is 7.13. The van der Waals surface area contributed by atoms with Crippen molar-refractivity contribution in [3.63, 3.8) is 0 Å². The molecule has 0 saturated heterocycles. The van der Waals surface area contributed by atoms with Crippen molar-refractivity contribution >= 4 is 23.2 Å². The lowest BCUT2D eigenvalue weighted by Gasteiger charge is -2.16. The molecule has 0 bridgehead atoms. The van der Waals surface area contributed by atoms with Gasteiger partial charge >= 0.3 is 5.97 Å². The lowest BCUT2D eigenvalue weighted by molar-refractivity contribution is -0.137. The molecule has 0 aliphatic heterocycles. The molecule has 0 aliphatic rings. The van der Waals surface area contributed by atoms with Crippen molar-refractivity contribution < 1.29 is 19.1 Å². The maximum Gasteiger partial charge on any atom is 0.305 e. The molecular weight excluding hydrogens is 367 g/mol. The Morgan fingerprint density at radius 2 is 1.81 bits per heavy atom. The first kappa shape index (κ1) is 18.7. The van der Waals surface area contributed by atoms with Crippen LogP contribution in [0.3, 0.4) is 0 Å². The van der Waals surface area contributed by atoms with Crippen LogP contribution in [-0.4, -0.2) is 28.0 Å². The van der Waals surface area contributed by atoms with E-state index in [9.17, 15) is 14.0 Å². The van der Waals surface area contributed by atoms with Gasteiger partial charge in [-0.05, 0) is 24.1 Å². The van der Waals surface area contributed by atoms with Gasteiger partial charge in [0, 0.05) is 17.0 Å². The van der Waals surface area contributed by atoms with E-state index in [1.807, 2.05) is 30.3 Å². The number of aromatic nitrogens is 1. The minimum atomic E-state index is -0.999. The molecule has 0 aliphatic carbocycles. The number of nitrogens with zero attached hydrogens (tertiary/aromatic N) is 1. The van der Waals surface area contributed by atoms with Crippen LogP contribution in [0.5, 0.6) is 0 Å². The molecule has 1 amide bonds. The lowest BCUT2D eigenvalue weighted by Crippen LogP contribution is -2.38. The van der Waals surface area contributed by atoms with E-state index in [0.29, 0.717) is 17.0 Å². The van der Waals surface area contributed by atoms with E-state index in [2.05, 4.69) is 10.3 Å². The number of carboxylic acids is 1. The molecule has 3 aromatic rings. The van der Waals surface area contributed by atoms with Gasteiger partial charge in [-0.1, -0.05) is 42.5 Å². The van der Waals surface area contributed by atoms with E-state index in [4.69, 9.17) is 5.11 Å². The molecule has 3 rings (SSSR count). The number of carbonyl (C=O) groups is 2. The predicted molar refractivity (Wildman–Crippen MR) is 101 cm³/mol. The number of rotatable bonds is 7. The Labute approximate surface area is 159 Å². The Kier molecular flexibility index (Phi) is 5.93. The van der Waals surface area contributed by atoms with Crippen LogP contribution >= 0.6 is 11.3 Å². The number of benzene rings is 2. The molecule has 7 heteroatoms. The SMILES string of the molecule is O=C(O)CC(Cc1ccccc1)NC(=O)c1csc(-c2ccccc2F)n1. The summed E-state index contributed by atoms with van der Waals surface area (Å²) in [5.74, 6) is -1.88. The number of thiazole rings is 1. The number of hydrogen-bond acceptors (Lipinski definition) is 4. The van der Waals surface area contributed by atoms with Crippen LogP contribution in [0.2, 0.25) is 0 Å². The Morgan fingerprint density at radius 1 is 1.11 bits per heavy atom. The second-order valence-corrected chi connectivity index (χ2v) is 6.83. The Morgan fingerprint density at radius 3 is 2.52 bits per heavy atom. The summed E-state index contributed by atoms with van der Waals surface area (Å²) in [6.45, 7) is 0. The molecule has 0 fully saturated rings. The van der Waals surface area contributed by atoms with Crippen LogP contribution in [0.1, 0.15) is 22.5 Å². The standard InChI is InChI=1S/C20H17FN2O3S/c21-16-9-5-4-8-15(16)20-23-17(12-27-20)19(26)22-14(11-18(24)25)10-13-6-2-1-3-7-13/h1-9,12,14H,10-11H2,(H,22,26)(H,24,25). The van der Waals surface area contributed by atoms with Crippen LogP contribution in [0.4, 0.5) is 4.39 Å². The van der Waals surface area contributed by atoms with Gasteiger partial charge in [0.25, 0.3) is 5.91 Å². The van der Waals surface area contributed by atoms with Crippen molar-refractivity contribution in [3.8, 4) is 10.6 Å². The van der Waals surface area contributed by atoms with Gasteiger partial charge in [-0.3, -0.25) is 9.59 Å². The average Bonchev–Trinajstić information content (AvgIpc) is 3.12. The van der Waals surface area contributed by atoms with Crippen molar-refractivity contribution in [2.75, 3.05) is 0 Å². The van der Waals surface area contributed by atoms with Gasteiger partial charge in [0.05, 0.1) is 6.42 Å². The second kappa shape index (κ2) is 8.55. The molecule has 5 nitrogen and oxygen atoms in total. The molecule has 0 radical (unpaired) electrons. The molecule has 27 heavy (non-hydrogen) atoms. The van der Waals surface area contributed by atoms with E-state index >= 15 is 0 Å². The first-order valence-electron chi connectivity index (χ1n) is 8.30. The Hall–Kier alpha value is -3.06. The predicted octanol–water partition coefficient (Wildman–Crippen LogP) is 3.77. The zero-order valence-corrected chi connectivity index (χ0v) is 15.1. The third kappa shape index (κ3) is 4.98. The number of aliphatic carboxylic acids is 1. The monoisotopic (exact) mass is 384 g/mol. The number of carbonyl (C=O) groups excluding carboxylic acids is 1. The van der Waals surface area contributed by atoms with Crippen LogP contribution in [0.15, 0.2) is 60.0 Å². The zero-order valence-electron chi connectivity index (χ0n) is 14.3. The van der Waals surface area contributed by atoms with Gasteiger partial charge < -0.3 is 10.4 Å². The van der Waals surface area contributed by atoms with Crippen molar-refractivity contribution in [1.82, 2.24) is 10.3 Å². The minimum absolute atomic E-state index is 0.140. The third-order valence-corrected chi connectivity index (χ3v) is 4.80. The number of carboxylic acid groups (broad SMARTS) is 1. The summed E-state index contributed by atoms with van der Waals surface area (Å²) in [6, 6.07) is 15.0. The van der Waals surface area contributed by atoms with Crippen LogP contribution in [0, 0.1) is 5.82 Å². The van der Waals surface area contributed by atoms with Gasteiger partial charge in [0.2, 0.25) is 0 Å². The highest BCUT2D eigenvalue weighted by Gasteiger charge is 2.20. The zero-order chi connectivity index (χ0) is 19.2. The fraction of sp³-hybridized carbons (Fsp3) is 0.150. The van der Waals surface area contributed by atoms with Crippen LogP contribution in [0.25, 0.3) is 10.6 Å².